The maximum absolute atomic E-state index is 12.6. The molecule has 8 heteroatoms. The van der Waals surface area contributed by atoms with E-state index in [1.54, 1.807) is 31.2 Å². The van der Waals surface area contributed by atoms with Crippen molar-refractivity contribution in [1.82, 2.24) is 0 Å². The highest BCUT2D eigenvalue weighted by molar-refractivity contribution is 7.92. The molecular formula is C19H22N2O5S. The number of ether oxygens (including phenoxy) is 2. The average Bonchev–Trinajstić information content (AvgIpc) is 2.65. The van der Waals surface area contributed by atoms with E-state index >= 15 is 0 Å². The van der Waals surface area contributed by atoms with Crippen LogP contribution in [0.3, 0.4) is 0 Å². The Morgan fingerprint density at radius 2 is 1.85 bits per heavy atom. The van der Waals surface area contributed by atoms with Crippen molar-refractivity contribution in [2.45, 2.75) is 13.8 Å². The summed E-state index contributed by atoms with van der Waals surface area (Å²) in [5.74, 6) is 0.476. The molecular weight excluding hydrogens is 368 g/mol. The second-order valence-electron chi connectivity index (χ2n) is 6.15. The van der Waals surface area contributed by atoms with Gasteiger partial charge in [-0.1, -0.05) is 12.1 Å². The van der Waals surface area contributed by atoms with Crippen LogP contribution >= 0.6 is 0 Å². The van der Waals surface area contributed by atoms with E-state index in [1.165, 1.54) is 0 Å². The Bertz CT molecular complexity index is 943. The van der Waals surface area contributed by atoms with Crippen molar-refractivity contribution in [3.63, 3.8) is 0 Å². The molecule has 0 aromatic heterocycles. The van der Waals surface area contributed by atoms with Crippen LogP contribution in [-0.2, 0) is 14.8 Å². The van der Waals surface area contributed by atoms with E-state index in [0.717, 1.165) is 9.87 Å². The normalized spacial score (nSPS) is 13.1. The first-order valence-corrected chi connectivity index (χ1v) is 10.3. The maximum Gasteiger partial charge on any atom is 0.245 e. The largest absolute Gasteiger partial charge is 0.486 e. The molecule has 1 heterocycles. The molecule has 0 saturated heterocycles. The van der Waals surface area contributed by atoms with E-state index in [2.05, 4.69) is 5.32 Å². The number of rotatable bonds is 6. The van der Waals surface area contributed by atoms with Crippen LogP contribution in [0.15, 0.2) is 42.5 Å². The Morgan fingerprint density at radius 1 is 1.11 bits per heavy atom. The number of aryl methyl sites for hydroxylation is 1. The molecule has 0 saturated carbocycles. The first-order valence-electron chi connectivity index (χ1n) is 8.65. The maximum atomic E-state index is 12.6. The van der Waals surface area contributed by atoms with Crippen LogP contribution in [0.2, 0.25) is 0 Å². The number of anilines is 2. The summed E-state index contributed by atoms with van der Waals surface area (Å²) in [6, 6.07) is 12.2. The SMILES string of the molecule is CCS(=O)(=O)N(CC(=O)Nc1cccc(C)c1)c1ccc2c(c1)OCCO2. The molecule has 0 aliphatic carbocycles. The number of fused-ring (bicyclic) bond motifs is 1. The van der Waals surface area contributed by atoms with Gasteiger partial charge in [-0.2, -0.15) is 0 Å². The van der Waals surface area contributed by atoms with Crippen molar-refractivity contribution in [3.05, 3.63) is 48.0 Å². The predicted molar refractivity (Wildman–Crippen MR) is 104 cm³/mol. The monoisotopic (exact) mass is 390 g/mol. The minimum absolute atomic E-state index is 0.126. The van der Waals surface area contributed by atoms with Crippen molar-refractivity contribution in [2.24, 2.45) is 0 Å². The number of carbonyl (C=O) groups excluding carboxylic acids is 1. The molecule has 1 amide bonds. The Hall–Kier alpha value is -2.74. The summed E-state index contributed by atoms with van der Waals surface area (Å²) >= 11 is 0. The van der Waals surface area contributed by atoms with Gasteiger partial charge in [0.05, 0.1) is 11.4 Å². The van der Waals surface area contributed by atoms with Crippen LogP contribution in [0.4, 0.5) is 11.4 Å². The zero-order chi connectivity index (χ0) is 19.4. The van der Waals surface area contributed by atoms with E-state index in [1.807, 2.05) is 25.1 Å². The molecule has 7 nitrogen and oxygen atoms in total. The lowest BCUT2D eigenvalue weighted by Crippen LogP contribution is -2.39. The average molecular weight is 390 g/mol. The molecule has 0 atom stereocenters. The second kappa shape index (κ2) is 7.87. The van der Waals surface area contributed by atoms with Crippen molar-refractivity contribution >= 4 is 27.3 Å². The van der Waals surface area contributed by atoms with Gasteiger partial charge in [-0.15, -0.1) is 0 Å². The van der Waals surface area contributed by atoms with Gasteiger partial charge in [-0.05, 0) is 43.7 Å². The van der Waals surface area contributed by atoms with Crippen LogP contribution in [-0.4, -0.2) is 39.8 Å². The molecule has 0 unspecified atom stereocenters. The van der Waals surface area contributed by atoms with E-state index < -0.39 is 15.9 Å². The number of hydrogen-bond donors (Lipinski definition) is 1. The lowest BCUT2D eigenvalue weighted by Gasteiger charge is -2.25. The Kier molecular flexibility index (Phi) is 5.55. The van der Waals surface area contributed by atoms with Crippen LogP contribution in [0.25, 0.3) is 0 Å². The Labute approximate surface area is 158 Å². The highest BCUT2D eigenvalue weighted by Gasteiger charge is 2.25. The van der Waals surface area contributed by atoms with E-state index in [-0.39, 0.29) is 12.3 Å². The number of nitrogens with one attached hydrogen (secondary N) is 1. The molecule has 2 aromatic carbocycles. The van der Waals surface area contributed by atoms with E-state index in [0.29, 0.717) is 36.1 Å². The molecule has 1 N–H and O–H groups in total. The third-order valence-corrected chi connectivity index (χ3v) is 5.84. The highest BCUT2D eigenvalue weighted by Crippen LogP contribution is 2.34. The van der Waals surface area contributed by atoms with Gasteiger partial charge in [0.15, 0.2) is 11.5 Å². The quantitative estimate of drug-likeness (QED) is 0.819. The predicted octanol–water partition coefficient (Wildman–Crippen LogP) is 2.56. The molecule has 27 heavy (non-hydrogen) atoms. The third kappa shape index (κ3) is 4.51. The molecule has 0 spiro atoms. The minimum atomic E-state index is -3.66. The van der Waals surface area contributed by atoms with Gasteiger partial charge in [-0.3, -0.25) is 9.10 Å². The second-order valence-corrected chi connectivity index (χ2v) is 8.33. The summed E-state index contributed by atoms with van der Waals surface area (Å²) in [7, 11) is -3.66. The van der Waals surface area contributed by atoms with Crippen molar-refractivity contribution in [1.29, 1.82) is 0 Å². The number of nitrogens with zero attached hydrogens (tertiary/aromatic N) is 1. The van der Waals surface area contributed by atoms with E-state index in [9.17, 15) is 13.2 Å². The van der Waals surface area contributed by atoms with Gasteiger partial charge >= 0.3 is 0 Å². The summed E-state index contributed by atoms with van der Waals surface area (Å²) in [4.78, 5) is 12.5. The Morgan fingerprint density at radius 3 is 2.56 bits per heavy atom. The van der Waals surface area contributed by atoms with Crippen molar-refractivity contribution < 1.29 is 22.7 Å². The Balaban J connectivity index is 1.85. The zero-order valence-corrected chi connectivity index (χ0v) is 16.1. The van der Waals surface area contributed by atoms with Gasteiger partial charge in [-0.25, -0.2) is 8.42 Å². The lowest BCUT2D eigenvalue weighted by molar-refractivity contribution is -0.114. The summed E-state index contributed by atoms with van der Waals surface area (Å²) in [5.41, 5.74) is 1.98. The topological polar surface area (TPSA) is 84.9 Å². The molecule has 1 aliphatic rings. The number of sulfonamides is 1. The fourth-order valence-corrected chi connectivity index (χ4v) is 3.81. The molecule has 1 aliphatic heterocycles. The fourth-order valence-electron chi connectivity index (χ4n) is 2.75. The number of hydrogen-bond acceptors (Lipinski definition) is 5. The van der Waals surface area contributed by atoms with E-state index in [4.69, 9.17) is 9.47 Å². The third-order valence-electron chi connectivity index (χ3n) is 4.10. The smallest absolute Gasteiger partial charge is 0.245 e. The van der Waals surface area contributed by atoms with Gasteiger partial charge in [0.2, 0.25) is 15.9 Å². The van der Waals surface area contributed by atoms with Crippen LogP contribution in [0.1, 0.15) is 12.5 Å². The first-order chi connectivity index (χ1) is 12.9. The number of benzene rings is 2. The molecule has 144 valence electrons. The van der Waals surface area contributed by atoms with Gasteiger partial charge in [0.25, 0.3) is 0 Å². The molecule has 0 radical (unpaired) electrons. The molecule has 3 rings (SSSR count). The molecule has 2 aromatic rings. The summed E-state index contributed by atoms with van der Waals surface area (Å²) in [6.45, 7) is 3.97. The standard InChI is InChI=1S/C19H22N2O5S/c1-3-27(23,24)21(13-19(22)20-15-6-4-5-14(2)11-15)16-7-8-17-18(12-16)26-10-9-25-17/h4-8,11-12H,3,9-10,13H2,1-2H3,(H,20,22). The highest BCUT2D eigenvalue weighted by atomic mass is 32.2. The van der Waals surface area contributed by atoms with Crippen LogP contribution < -0.4 is 19.1 Å². The van der Waals surface area contributed by atoms with Crippen molar-refractivity contribution in [3.8, 4) is 11.5 Å². The van der Waals surface area contributed by atoms with Gasteiger partial charge < -0.3 is 14.8 Å². The van der Waals surface area contributed by atoms with Crippen LogP contribution in [0, 0.1) is 6.92 Å². The lowest BCUT2D eigenvalue weighted by atomic mass is 10.2. The fraction of sp³-hybridized carbons (Fsp3) is 0.316. The van der Waals surface area contributed by atoms with Crippen LogP contribution in [0.5, 0.6) is 11.5 Å². The van der Waals surface area contributed by atoms with Gasteiger partial charge in [0, 0.05) is 11.8 Å². The number of amides is 1. The molecule has 0 bridgehead atoms. The summed E-state index contributed by atoms with van der Waals surface area (Å²) in [6.07, 6.45) is 0. The van der Waals surface area contributed by atoms with Crippen molar-refractivity contribution in [2.75, 3.05) is 35.1 Å². The zero-order valence-electron chi connectivity index (χ0n) is 15.3. The minimum Gasteiger partial charge on any atom is -0.486 e. The summed E-state index contributed by atoms with van der Waals surface area (Å²) in [5, 5.41) is 2.74. The first kappa shape index (κ1) is 19.0. The summed E-state index contributed by atoms with van der Waals surface area (Å²) < 4.78 is 37.3. The van der Waals surface area contributed by atoms with Gasteiger partial charge in [0.1, 0.15) is 19.8 Å². The number of carbonyl (C=O) groups is 1. The molecule has 0 fully saturated rings.